The van der Waals surface area contributed by atoms with Crippen molar-refractivity contribution in [1.82, 2.24) is 0 Å². The number of Topliss-reactive ketones (excluding diaryl/α,β-unsaturated/α-hetero) is 4. The Morgan fingerprint density at radius 2 is 0.605 bits per heavy atom. The first kappa shape index (κ1) is 93.2. The Hall–Kier alpha value is -2.09. The summed E-state index contributed by atoms with van der Waals surface area (Å²) in [6.07, 6.45) is 78.6. The van der Waals surface area contributed by atoms with Gasteiger partial charge in [0.2, 0.25) is 0 Å². The van der Waals surface area contributed by atoms with Crippen molar-refractivity contribution in [2.45, 2.75) is 445 Å². The molecular formula is C119H179IO9. The third-order valence-corrected chi connectivity index (χ3v) is 50.6. The molecule has 2 heterocycles. The molecule has 0 aromatic rings. The van der Waals surface area contributed by atoms with Crippen LogP contribution >= 0.6 is 22.6 Å². The highest BCUT2D eigenvalue weighted by Gasteiger charge is 2.71. The quantitative estimate of drug-likeness (QED) is 0.143. The van der Waals surface area contributed by atoms with Gasteiger partial charge in [-0.15, -0.1) is 0 Å². The summed E-state index contributed by atoms with van der Waals surface area (Å²) in [6.45, 7) is 35.1. The molecule has 1 N–H and O–H groups in total. The number of hydrogen-bond acceptors (Lipinski definition) is 9. The first-order valence-electron chi connectivity index (χ1n) is 56.1. The van der Waals surface area contributed by atoms with Gasteiger partial charge in [0.1, 0.15) is 23.1 Å². The van der Waals surface area contributed by atoms with Gasteiger partial charge in [-0.1, -0.05) is 197 Å². The molecule has 34 atom stereocenters. The van der Waals surface area contributed by atoms with Crippen molar-refractivity contribution in [1.29, 1.82) is 0 Å². The van der Waals surface area contributed by atoms with Crippen LogP contribution in [-0.2, 0) is 38.1 Å². The molecule has 26 aliphatic rings. The normalized spacial score (nSPS) is 52.5. The number of carbonyl (C=O) groups excluding carboxylic acids is 4. The van der Waals surface area contributed by atoms with Gasteiger partial charge >= 0.3 is 0 Å². The fourth-order valence-electron chi connectivity index (χ4n) is 41.6. The molecule has 2 spiro atoms. The van der Waals surface area contributed by atoms with E-state index in [1.807, 2.05) is 5.57 Å². The van der Waals surface area contributed by atoms with E-state index >= 15 is 0 Å². The van der Waals surface area contributed by atoms with Crippen LogP contribution in [0.5, 0.6) is 0 Å². The zero-order valence-corrected chi connectivity index (χ0v) is 85.9. The summed E-state index contributed by atoms with van der Waals surface area (Å²) in [5.41, 5.74) is 12.1. The van der Waals surface area contributed by atoms with Gasteiger partial charge < -0.3 is 24.1 Å². The molecule has 2 aliphatic heterocycles. The van der Waals surface area contributed by atoms with Crippen molar-refractivity contribution in [3.8, 4) is 0 Å². The molecule has 10 heteroatoms. The van der Waals surface area contributed by atoms with Gasteiger partial charge in [-0.25, -0.2) is 0 Å². The second-order valence-electron chi connectivity index (χ2n) is 53.8. The number of aliphatic hydroxyl groups excluding tert-OH is 1. The number of aliphatic hydroxyl groups is 1. The molecule has 8 unspecified atom stereocenters. The Bertz CT molecular complexity index is 4210. The largest absolute Gasteiger partial charge is 0.393 e. The summed E-state index contributed by atoms with van der Waals surface area (Å²) in [4.78, 5) is 49.5. The summed E-state index contributed by atoms with van der Waals surface area (Å²) < 4.78 is 25.9. The maximum absolute atomic E-state index is 12.4. The molecule has 716 valence electrons. The highest BCUT2D eigenvalue weighted by Crippen LogP contribution is 2.75. The second kappa shape index (κ2) is 34.1. The number of ether oxygens (including phenoxy) is 4. The van der Waals surface area contributed by atoms with Gasteiger partial charge in [0.05, 0.1) is 32.5 Å². The lowest BCUT2D eigenvalue weighted by Crippen LogP contribution is -2.56. The summed E-state index contributed by atoms with van der Waals surface area (Å²) >= 11 is 2.64. The Balaban J connectivity index is 0.0000000939. The molecule has 0 bridgehead atoms. The van der Waals surface area contributed by atoms with E-state index in [-0.39, 0.29) is 50.2 Å². The van der Waals surface area contributed by atoms with Crippen molar-refractivity contribution in [3.63, 3.8) is 0 Å². The lowest BCUT2D eigenvalue weighted by atomic mass is 9.45. The third kappa shape index (κ3) is 14.4. The molecule has 0 aromatic heterocycles. The molecule has 0 amide bonds. The molecule has 24 aliphatic carbocycles. The van der Waals surface area contributed by atoms with E-state index < -0.39 is 0 Å². The number of allylic oxidation sites excluding steroid dienone is 9. The Labute approximate surface area is 796 Å². The number of halogens is 1. The van der Waals surface area contributed by atoms with Gasteiger partial charge in [0, 0.05) is 74.9 Å². The predicted molar refractivity (Wildman–Crippen MR) is 526 cm³/mol. The van der Waals surface area contributed by atoms with Crippen LogP contribution in [0.3, 0.4) is 0 Å². The average Bonchev–Trinajstić information content (AvgIpc) is 1.55. The lowest BCUT2D eigenvalue weighted by molar-refractivity contribution is -0.247. The van der Waals surface area contributed by atoms with Crippen LogP contribution < -0.4 is 0 Å². The number of hydrogen-bond donors (Lipinski definition) is 1. The molecule has 129 heavy (non-hydrogen) atoms. The van der Waals surface area contributed by atoms with E-state index in [1.165, 1.54) is 250 Å². The summed E-state index contributed by atoms with van der Waals surface area (Å²) in [6, 6.07) is 0. The smallest absolute Gasteiger partial charge is 0.174 e. The molecule has 19 saturated carbocycles. The summed E-state index contributed by atoms with van der Waals surface area (Å²) in [5, 5.41) is 10.00. The minimum atomic E-state index is -0.236. The number of carbonyl (C=O) groups is 4. The molecular weight excluding hydrogens is 1700 g/mol. The molecule has 0 radical (unpaired) electrons. The fourth-order valence-corrected chi connectivity index (χ4v) is 42.4. The molecule has 2 saturated heterocycles. The van der Waals surface area contributed by atoms with Crippen LogP contribution in [0.1, 0.15) is 424 Å². The van der Waals surface area contributed by atoms with Gasteiger partial charge in [-0.05, 0) is 421 Å². The topological polar surface area (TPSA) is 125 Å². The first-order chi connectivity index (χ1) is 61.6. The highest BCUT2D eigenvalue weighted by molar-refractivity contribution is 14.1. The Morgan fingerprint density at radius 1 is 0.279 bits per heavy atom. The SMILES string of the molecule is C[C@H]1CC[C@@]2(C)C(=CC[C@@H]3C2CC[C@]2(C)C(=O)CC[C@@H]32)C1.C[C@]12CCC(I)CC1=CC[C@@H]1C2CC[C@]2(C)C(=O)CC[C@@H]12.C[C@]12CCCCC1=CC[C@@H]1C2CC[C@@]2(C)[C@H]1CCC21OCCO1.C[C@]12CCCCC1=CC[C@@H]1C2CC[C@]2(C)C(=O)CC[C@@H]12.C[C@]12CCCCC1CC[C@@H]1C2CC[C@@]2(C)[C@H]1CCC21OCCO1.C[C@]12CC[C@H](O)CC1=CC[C@@H]1C2CC[C@]2(C)C(=O)CC[C@@H]12. The van der Waals surface area contributed by atoms with E-state index in [4.69, 9.17) is 18.9 Å². The molecule has 21 fully saturated rings. The van der Waals surface area contributed by atoms with Crippen molar-refractivity contribution in [2.24, 2.45) is 183 Å². The van der Waals surface area contributed by atoms with Crippen LogP contribution in [0, 0.1) is 183 Å². The third-order valence-electron chi connectivity index (χ3n) is 49.5. The van der Waals surface area contributed by atoms with Crippen LogP contribution in [0.25, 0.3) is 0 Å². The second-order valence-corrected chi connectivity index (χ2v) is 55.5. The van der Waals surface area contributed by atoms with Crippen LogP contribution in [0.2, 0.25) is 0 Å². The van der Waals surface area contributed by atoms with Gasteiger partial charge in [-0.3, -0.25) is 19.2 Å². The molecule has 26 rings (SSSR count). The van der Waals surface area contributed by atoms with E-state index in [1.54, 1.807) is 16.7 Å². The number of alkyl halides is 1. The van der Waals surface area contributed by atoms with E-state index in [0.717, 1.165) is 209 Å². The molecule has 9 nitrogen and oxygen atoms in total. The van der Waals surface area contributed by atoms with E-state index in [2.05, 4.69) is 143 Å². The minimum Gasteiger partial charge on any atom is -0.393 e. The number of ketones is 4. The zero-order valence-electron chi connectivity index (χ0n) is 83.8. The maximum atomic E-state index is 12.4. The summed E-state index contributed by atoms with van der Waals surface area (Å²) in [7, 11) is 0. The standard InChI is InChI=1S/C21H34O2.C21H32O2.C20H30O.C19H27IO.C19H28O2.C19H28O/c2*1-19-10-4-3-5-15(19)6-7-16-17(19)8-11-20(2)18(16)9-12-21(20)22-13-14-23-21;1-13-8-10-19(2)14(12-13)4-5-15-16-6-7-18(21)20(16,3)11-9-17(15)19;2*1-18-9-7-13(20)11-12(18)3-4-14-15-5-6-17(21)19(15,2)10-8-16(14)18;1-18-11-4-3-5-13(18)6-7-14-15-8-9-17(20)19(15,2)12-10-16(14)18/h15-18H,3-14H2,1-2H3;6,16-18H,3-5,7-14H2,1-2H3;4,13,15-17H,5-12H2,1-3H3;3,13-16H,4-11H2,1-2H3;3,13-16,20H,4-11H2,1-2H3;6,14-16H,3-5,7-12H2,1-2H3/t15?,16-,17?,18+,19+,20+;16-,17?,18+,19+,20+;13-,15-,16-,17?,19-,20-;13?,14-,15-,16?,18-,19-;13-,14-,15-,16?,18-,19-;14-,15-,16?,18-,19-/m110000/s1. The van der Waals surface area contributed by atoms with Crippen LogP contribution in [0.15, 0.2) is 58.2 Å². The number of rotatable bonds is 0. The average molecular weight is 1880 g/mol. The van der Waals surface area contributed by atoms with Gasteiger partial charge in [0.25, 0.3) is 0 Å². The summed E-state index contributed by atoms with van der Waals surface area (Å²) in [5.74, 6) is 18.1. The lowest BCUT2D eigenvalue weighted by Gasteiger charge is -2.61. The Morgan fingerprint density at radius 3 is 1.04 bits per heavy atom. The number of fused-ring (bicyclic) bond motifs is 32. The molecule has 0 aromatic carbocycles. The van der Waals surface area contributed by atoms with E-state index in [9.17, 15) is 24.3 Å². The van der Waals surface area contributed by atoms with Crippen molar-refractivity contribution in [2.75, 3.05) is 26.4 Å². The Kier molecular flexibility index (Phi) is 24.7. The zero-order chi connectivity index (χ0) is 89.9. The van der Waals surface area contributed by atoms with Crippen LogP contribution in [-0.4, -0.2) is 76.3 Å². The van der Waals surface area contributed by atoms with Gasteiger partial charge in [-0.2, -0.15) is 0 Å². The van der Waals surface area contributed by atoms with E-state index in [0.29, 0.717) is 85.2 Å². The minimum absolute atomic E-state index is 0.0168. The van der Waals surface area contributed by atoms with Crippen molar-refractivity contribution in [3.05, 3.63) is 58.2 Å². The maximum Gasteiger partial charge on any atom is 0.174 e. The van der Waals surface area contributed by atoms with Crippen LogP contribution in [0.4, 0.5) is 0 Å². The highest BCUT2D eigenvalue weighted by atomic mass is 127. The van der Waals surface area contributed by atoms with Crippen molar-refractivity contribution >= 4 is 45.7 Å². The predicted octanol–water partition coefficient (Wildman–Crippen LogP) is 29.5. The van der Waals surface area contributed by atoms with Crippen molar-refractivity contribution < 1.29 is 43.2 Å². The van der Waals surface area contributed by atoms with Gasteiger partial charge in [0.15, 0.2) is 11.6 Å². The fraction of sp³-hybridized carbons (Fsp3) is 0.882. The first-order valence-corrected chi connectivity index (χ1v) is 57.3. The monoisotopic (exact) mass is 1880 g/mol.